The van der Waals surface area contributed by atoms with Gasteiger partial charge in [0.25, 0.3) is 0 Å². The van der Waals surface area contributed by atoms with E-state index in [4.69, 9.17) is 24.1 Å². The number of hydrogen-bond acceptors (Lipinski definition) is 6. The van der Waals surface area contributed by atoms with Crippen LogP contribution in [-0.4, -0.2) is 60.4 Å². The van der Waals surface area contributed by atoms with Crippen molar-refractivity contribution in [2.45, 2.75) is 68.6 Å². The first-order chi connectivity index (χ1) is 9.19. The lowest BCUT2D eigenvalue weighted by Crippen LogP contribution is -2.44. The fraction of sp³-hybridized carbons (Fsp3) is 1.00. The lowest BCUT2D eigenvalue weighted by molar-refractivity contribution is -0.255. The lowest BCUT2D eigenvalue weighted by atomic mass is 9.94. The van der Waals surface area contributed by atoms with Crippen molar-refractivity contribution >= 4 is 0 Å². The molecule has 2 heterocycles. The van der Waals surface area contributed by atoms with Crippen LogP contribution >= 0.6 is 0 Å². The molecule has 6 nitrogen and oxygen atoms in total. The second-order valence-corrected chi connectivity index (χ2v) is 5.59. The summed E-state index contributed by atoms with van der Waals surface area (Å²) >= 11 is 0. The van der Waals surface area contributed by atoms with Gasteiger partial charge < -0.3 is 29.2 Å². The summed E-state index contributed by atoms with van der Waals surface area (Å²) < 4.78 is 23.1. The van der Waals surface area contributed by atoms with Crippen molar-refractivity contribution in [2.24, 2.45) is 0 Å². The highest BCUT2D eigenvalue weighted by molar-refractivity contribution is 4.98. The first kappa shape index (κ1) is 13.7. The molecule has 2 aliphatic heterocycles. The molecule has 6 heteroatoms. The zero-order valence-electron chi connectivity index (χ0n) is 11.2. The Hall–Kier alpha value is -0.240. The van der Waals surface area contributed by atoms with Gasteiger partial charge in [-0.15, -0.1) is 0 Å². The summed E-state index contributed by atoms with van der Waals surface area (Å²) in [5.41, 5.74) is 0. The molecule has 3 aliphatic rings. The molecule has 1 aliphatic carbocycles. The lowest BCUT2D eigenvalue weighted by Gasteiger charge is -2.34. The van der Waals surface area contributed by atoms with Gasteiger partial charge in [0.2, 0.25) is 0 Å². The van der Waals surface area contributed by atoms with Crippen molar-refractivity contribution in [2.75, 3.05) is 13.7 Å². The Morgan fingerprint density at radius 3 is 2.63 bits per heavy atom. The summed E-state index contributed by atoms with van der Waals surface area (Å²) in [4.78, 5) is 0. The van der Waals surface area contributed by atoms with Gasteiger partial charge in [-0.25, -0.2) is 0 Å². The van der Waals surface area contributed by atoms with Crippen LogP contribution in [0.4, 0.5) is 0 Å². The Labute approximate surface area is 112 Å². The minimum Gasteiger partial charge on any atom is -0.394 e. The number of hydrogen-bond donors (Lipinski definition) is 2. The zero-order chi connectivity index (χ0) is 13.5. The third-order valence-electron chi connectivity index (χ3n) is 4.34. The molecule has 0 amide bonds. The number of fused-ring (bicyclic) bond motifs is 1. The van der Waals surface area contributed by atoms with Crippen molar-refractivity contribution in [1.82, 2.24) is 0 Å². The summed E-state index contributed by atoms with van der Waals surface area (Å²) in [7, 11) is 1.56. The van der Waals surface area contributed by atoms with Crippen molar-refractivity contribution in [3.05, 3.63) is 0 Å². The topological polar surface area (TPSA) is 77.4 Å². The molecule has 0 aromatic heterocycles. The number of rotatable bonds is 3. The molecule has 0 bridgehead atoms. The van der Waals surface area contributed by atoms with E-state index in [-0.39, 0.29) is 12.7 Å². The minimum absolute atomic E-state index is 0.325. The molecule has 3 rings (SSSR count). The number of aliphatic hydroxyl groups excluding tert-OH is 2. The molecule has 0 unspecified atom stereocenters. The van der Waals surface area contributed by atoms with Gasteiger partial charge in [0.1, 0.15) is 24.4 Å². The van der Waals surface area contributed by atoms with Crippen molar-refractivity contribution in [3.63, 3.8) is 0 Å². The largest absolute Gasteiger partial charge is 0.394 e. The quantitative estimate of drug-likeness (QED) is 0.763. The summed E-state index contributed by atoms with van der Waals surface area (Å²) in [6.07, 6.45) is 2.34. The van der Waals surface area contributed by atoms with E-state index in [0.717, 1.165) is 25.7 Å². The van der Waals surface area contributed by atoms with Crippen LogP contribution in [0.3, 0.4) is 0 Å². The Bertz CT molecular complexity index is 316. The normalized spacial score (nSPS) is 42.5. The third kappa shape index (κ3) is 2.30. The van der Waals surface area contributed by atoms with E-state index in [1.54, 1.807) is 7.11 Å². The van der Waals surface area contributed by atoms with Crippen LogP contribution in [0, 0.1) is 0 Å². The average molecular weight is 274 g/mol. The minimum atomic E-state index is -0.981. The third-order valence-corrected chi connectivity index (χ3v) is 4.34. The highest BCUT2D eigenvalue weighted by atomic mass is 16.8. The van der Waals surface area contributed by atoms with E-state index in [1.807, 2.05) is 0 Å². The highest BCUT2D eigenvalue weighted by Crippen LogP contribution is 2.45. The van der Waals surface area contributed by atoms with Crippen LogP contribution in [0.2, 0.25) is 0 Å². The molecule has 0 aromatic rings. The van der Waals surface area contributed by atoms with Gasteiger partial charge in [-0.05, 0) is 12.8 Å². The molecule has 5 atom stereocenters. The maximum atomic E-state index is 9.75. The molecule has 2 saturated heterocycles. The number of aliphatic hydroxyl groups is 2. The van der Waals surface area contributed by atoms with E-state index in [1.165, 1.54) is 6.42 Å². The van der Waals surface area contributed by atoms with Gasteiger partial charge >= 0.3 is 0 Å². The average Bonchev–Trinajstić information content (AvgIpc) is 2.92. The maximum Gasteiger partial charge on any atom is 0.190 e. The molecule has 110 valence electrons. The molecule has 1 saturated carbocycles. The first-order valence-electron chi connectivity index (χ1n) is 7.02. The maximum absolute atomic E-state index is 9.75. The van der Waals surface area contributed by atoms with Crippen LogP contribution < -0.4 is 0 Å². The molecular weight excluding hydrogens is 252 g/mol. The van der Waals surface area contributed by atoms with Crippen LogP contribution in [0.25, 0.3) is 0 Å². The number of ether oxygens (including phenoxy) is 4. The molecule has 2 N–H and O–H groups in total. The fourth-order valence-corrected chi connectivity index (χ4v) is 3.36. The Balaban J connectivity index is 1.71. The van der Waals surface area contributed by atoms with Crippen LogP contribution in [-0.2, 0) is 18.9 Å². The van der Waals surface area contributed by atoms with Gasteiger partial charge in [0, 0.05) is 20.0 Å². The predicted octanol–water partition coefficient (Wildman–Crippen LogP) is 0.155. The van der Waals surface area contributed by atoms with Gasteiger partial charge in [-0.3, -0.25) is 0 Å². The second kappa shape index (κ2) is 5.27. The second-order valence-electron chi connectivity index (χ2n) is 5.59. The standard InChI is InChI=1S/C13H22O6/c1-16-10-9(8(15)7-14)17-12-11(10)18-13(19-12)5-3-2-4-6-13/h8-12,14-15H,2-7H2,1H3/t8-,9+,10-,11+,12+/m1/s1. The smallest absolute Gasteiger partial charge is 0.190 e. The fourth-order valence-electron chi connectivity index (χ4n) is 3.36. The molecule has 3 fully saturated rings. The van der Waals surface area contributed by atoms with Crippen LogP contribution in [0.5, 0.6) is 0 Å². The predicted molar refractivity (Wildman–Crippen MR) is 64.3 cm³/mol. The van der Waals surface area contributed by atoms with Gasteiger partial charge in [-0.2, -0.15) is 0 Å². The SMILES string of the molecule is CO[C@H]1[C@@H]2OC3(CCCCC3)O[C@@H]2O[C@H]1[C@H](O)CO. The monoisotopic (exact) mass is 274 g/mol. The molecule has 0 aromatic carbocycles. The summed E-state index contributed by atoms with van der Waals surface area (Å²) in [6.45, 7) is -0.366. The highest BCUT2D eigenvalue weighted by Gasteiger charge is 2.59. The van der Waals surface area contributed by atoms with E-state index >= 15 is 0 Å². The molecular formula is C13H22O6. The Kier molecular flexibility index (Phi) is 3.81. The van der Waals surface area contributed by atoms with Crippen molar-refractivity contribution in [3.8, 4) is 0 Å². The van der Waals surface area contributed by atoms with Gasteiger partial charge in [0.05, 0.1) is 6.61 Å². The van der Waals surface area contributed by atoms with Crippen molar-refractivity contribution < 1.29 is 29.2 Å². The van der Waals surface area contributed by atoms with E-state index in [2.05, 4.69) is 0 Å². The van der Waals surface area contributed by atoms with E-state index in [9.17, 15) is 5.11 Å². The Morgan fingerprint density at radius 1 is 1.26 bits per heavy atom. The molecule has 1 spiro atoms. The Morgan fingerprint density at radius 2 is 2.00 bits per heavy atom. The van der Waals surface area contributed by atoms with Crippen molar-refractivity contribution in [1.29, 1.82) is 0 Å². The summed E-state index contributed by atoms with van der Waals surface area (Å²) in [6, 6.07) is 0. The first-order valence-corrected chi connectivity index (χ1v) is 7.02. The molecule has 0 radical (unpaired) electrons. The van der Waals surface area contributed by atoms with E-state index < -0.39 is 30.4 Å². The molecule has 19 heavy (non-hydrogen) atoms. The van der Waals surface area contributed by atoms with Gasteiger partial charge in [0.15, 0.2) is 12.1 Å². The van der Waals surface area contributed by atoms with Gasteiger partial charge in [-0.1, -0.05) is 6.42 Å². The van der Waals surface area contributed by atoms with E-state index in [0.29, 0.717) is 0 Å². The summed E-state index contributed by atoms with van der Waals surface area (Å²) in [5, 5.41) is 18.8. The van der Waals surface area contributed by atoms with Crippen LogP contribution in [0.1, 0.15) is 32.1 Å². The summed E-state index contributed by atoms with van der Waals surface area (Å²) in [5.74, 6) is -0.528. The zero-order valence-corrected chi connectivity index (χ0v) is 11.2. The number of methoxy groups -OCH3 is 1. The van der Waals surface area contributed by atoms with Crippen LogP contribution in [0.15, 0.2) is 0 Å².